The van der Waals surface area contributed by atoms with Crippen molar-refractivity contribution < 1.29 is 4.74 Å². The molecular weight excluding hydrogens is 154 g/mol. The summed E-state index contributed by atoms with van der Waals surface area (Å²) in [6, 6.07) is 5.38. The summed E-state index contributed by atoms with van der Waals surface area (Å²) >= 11 is 0. The van der Waals surface area contributed by atoms with Crippen LogP contribution in [0.4, 0.5) is 0 Å². The molecule has 4 heteroatoms. The molecule has 0 atom stereocenters. The Bertz CT molecular complexity index is 293. The summed E-state index contributed by atoms with van der Waals surface area (Å²) in [6.07, 6.45) is 1.61. The highest BCUT2D eigenvalue weighted by atomic mass is 16.5. The first-order chi connectivity index (χ1) is 5.86. The van der Waals surface area contributed by atoms with E-state index in [1.165, 1.54) is 0 Å². The molecule has 0 fully saturated rings. The molecule has 1 heterocycles. The highest BCUT2D eigenvalue weighted by Gasteiger charge is 1.95. The van der Waals surface area contributed by atoms with E-state index < -0.39 is 0 Å². The number of aromatic nitrogens is 1. The van der Waals surface area contributed by atoms with E-state index in [1.807, 2.05) is 6.07 Å². The van der Waals surface area contributed by atoms with E-state index in [9.17, 15) is 0 Å². The molecule has 0 aromatic carbocycles. The average molecular weight is 163 g/mol. The predicted molar refractivity (Wildman–Crippen MR) is 43.2 cm³/mol. The van der Waals surface area contributed by atoms with Gasteiger partial charge >= 0.3 is 0 Å². The second-order valence-corrected chi connectivity index (χ2v) is 2.15. The fourth-order valence-corrected chi connectivity index (χ4v) is 0.763. The summed E-state index contributed by atoms with van der Waals surface area (Å²) in [5, 5.41) is 8.23. The van der Waals surface area contributed by atoms with Crippen LogP contribution in [0.1, 0.15) is 5.56 Å². The number of ether oxygens (including phenoxy) is 1. The molecule has 1 aromatic rings. The Labute approximate surface area is 70.6 Å². The molecule has 12 heavy (non-hydrogen) atoms. The second-order valence-electron chi connectivity index (χ2n) is 2.15. The van der Waals surface area contributed by atoms with Crippen LogP contribution >= 0.6 is 0 Å². The Kier molecular flexibility index (Phi) is 3.05. The number of hydrogen-bond donors (Lipinski definition) is 1. The van der Waals surface area contributed by atoms with Crippen molar-refractivity contribution in [1.29, 1.82) is 5.26 Å². The van der Waals surface area contributed by atoms with Crippen molar-refractivity contribution >= 4 is 0 Å². The molecule has 4 nitrogen and oxygen atoms in total. The molecule has 0 bridgehead atoms. The van der Waals surface area contributed by atoms with Crippen LogP contribution in [0.3, 0.4) is 0 Å². The van der Waals surface area contributed by atoms with Crippen molar-refractivity contribution in [3.05, 3.63) is 23.9 Å². The van der Waals surface area contributed by atoms with Crippen LogP contribution in [-0.2, 0) is 6.54 Å². The number of hydrogen-bond acceptors (Lipinski definition) is 4. The van der Waals surface area contributed by atoms with E-state index in [-0.39, 0.29) is 6.61 Å². The summed E-state index contributed by atoms with van der Waals surface area (Å²) in [5.74, 6) is 0.444. The number of rotatable bonds is 3. The van der Waals surface area contributed by atoms with Crippen LogP contribution < -0.4 is 10.5 Å². The number of nitrogens with two attached hydrogens (primary N) is 1. The summed E-state index contributed by atoms with van der Waals surface area (Å²) in [6.45, 7) is 0.465. The van der Waals surface area contributed by atoms with Gasteiger partial charge in [0.1, 0.15) is 6.07 Å². The van der Waals surface area contributed by atoms with Crippen molar-refractivity contribution in [3.63, 3.8) is 0 Å². The lowest BCUT2D eigenvalue weighted by atomic mass is 10.3. The Balaban J connectivity index is 2.67. The van der Waals surface area contributed by atoms with E-state index in [4.69, 9.17) is 15.7 Å². The lowest BCUT2D eigenvalue weighted by Gasteiger charge is -2.01. The number of nitrogens with zero attached hydrogens (tertiary/aromatic N) is 2. The minimum Gasteiger partial charge on any atom is -0.462 e. The number of pyridine rings is 1. The fourth-order valence-electron chi connectivity index (χ4n) is 0.763. The molecule has 62 valence electrons. The van der Waals surface area contributed by atoms with Gasteiger partial charge in [-0.1, -0.05) is 0 Å². The molecule has 0 amide bonds. The van der Waals surface area contributed by atoms with Crippen LogP contribution in [0.25, 0.3) is 0 Å². The summed E-state index contributed by atoms with van der Waals surface area (Å²) in [7, 11) is 0. The van der Waals surface area contributed by atoms with E-state index in [0.29, 0.717) is 12.4 Å². The maximum absolute atomic E-state index is 8.23. The Morgan fingerprint density at radius 3 is 3.17 bits per heavy atom. The molecule has 0 aliphatic carbocycles. The van der Waals surface area contributed by atoms with Crippen LogP contribution in [0.15, 0.2) is 18.3 Å². The van der Waals surface area contributed by atoms with E-state index >= 15 is 0 Å². The zero-order valence-electron chi connectivity index (χ0n) is 6.53. The van der Waals surface area contributed by atoms with Gasteiger partial charge in [-0.05, 0) is 11.6 Å². The fraction of sp³-hybridized carbons (Fsp3) is 0.250. The van der Waals surface area contributed by atoms with Crippen LogP contribution in [0.5, 0.6) is 5.88 Å². The second kappa shape index (κ2) is 4.31. The predicted octanol–water partition coefficient (Wildman–Crippen LogP) is 0.443. The quantitative estimate of drug-likeness (QED) is 0.701. The highest BCUT2D eigenvalue weighted by Crippen LogP contribution is 2.07. The van der Waals surface area contributed by atoms with Gasteiger partial charge in [0.2, 0.25) is 5.88 Å². The minimum absolute atomic E-state index is 0.0149. The van der Waals surface area contributed by atoms with Gasteiger partial charge in [0, 0.05) is 18.8 Å². The molecule has 0 saturated carbocycles. The molecule has 0 spiro atoms. The average Bonchev–Trinajstić information content (AvgIpc) is 2.15. The standard InChI is InChI=1S/C8H9N3O/c9-2-4-12-8-5-7(6-10)1-3-11-8/h1,3,5H,4,6,10H2. The van der Waals surface area contributed by atoms with Crippen LogP contribution in [0, 0.1) is 11.3 Å². The van der Waals surface area contributed by atoms with Crippen molar-refractivity contribution in [3.8, 4) is 11.9 Å². The monoisotopic (exact) mass is 163 g/mol. The van der Waals surface area contributed by atoms with Gasteiger partial charge in [-0.2, -0.15) is 5.26 Å². The smallest absolute Gasteiger partial charge is 0.214 e. The summed E-state index contributed by atoms with van der Waals surface area (Å²) in [4.78, 5) is 3.90. The zero-order valence-corrected chi connectivity index (χ0v) is 6.53. The van der Waals surface area contributed by atoms with Gasteiger partial charge < -0.3 is 10.5 Å². The van der Waals surface area contributed by atoms with Crippen molar-refractivity contribution in [2.24, 2.45) is 5.73 Å². The minimum atomic E-state index is 0.0149. The van der Waals surface area contributed by atoms with Crippen LogP contribution in [0.2, 0.25) is 0 Å². The largest absolute Gasteiger partial charge is 0.462 e. The molecule has 0 unspecified atom stereocenters. The van der Waals surface area contributed by atoms with Gasteiger partial charge in [-0.15, -0.1) is 0 Å². The summed E-state index contributed by atoms with van der Waals surface area (Å²) in [5.41, 5.74) is 6.34. The SMILES string of the molecule is N#CCOc1cc(CN)ccn1. The Morgan fingerprint density at radius 2 is 2.50 bits per heavy atom. The molecule has 2 N–H and O–H groups in total. The van der Waals surface area contributed by atoms with Crippen molar-refractivity contribution in [1.82, 2.24) is 4.98 Å². The van der Waals surface area contributed by atoms with Gasteiger partial charge in [-0.3, -0.25) is 0 Å². The Morgan fingerprint density at radius 1 is 1.67 bits per heavy atom. The first kappa shape index (κ1) is 8.50. The molecule has 1 rings (SSSR count). The van der Waals surface area contributed by atoms with E-state index in [2.05, 4.69) is 4.98 Å². The normalized spacial score (nSPS) is 9.00. The molecule has 0 aliphatic rings. The first-order valence-electron chi connectivity index (χ1n) is 3.51. The molecule has 0 aliphatic heterocycles. The van der Waals surface area contributed by atoms with Gasteiger partial charge in [-0.25, -0.2) is 4.98 Å². The van der Waals surface area contributed by atoms with Crippen molar-refractivity contribution in [2.45, 2.75) is 6.54 Å². The molecule has 1 aromatic heterocycles. The zero-order chi connectivity index (χ0) is 8.81. The van der Waals surface area contributed by atoms with Gasteiger partial charge in [0.25, 0.3) is 0 Å². The van der Waals surface area contributed by atoms with E-state index in [1.54, 1.807) is 18.3 Å². The molecule has 0 radical (unpaired) electrons. The maximum atomic E-state index is 8.23. The first-order valence-corrected chi connectivity index (χ1v) is 3.51. The third-order valence-corrected chi connectivity index (χ3v) is 1.32. The van der Waals surface area contributed by atoms with Crippen LogP contribution in [-0.4, -0.2) is 11.6 Å². The number of nitriles is 1. The molecular formula is C8H9N3O. The third-order valence-electron chi connectivity index (χ3n) is 1.32. The van der Waals surface area contributed by atoms with Gasteiger partial charge in [0.15, 0.2) is 6.61 Å². The van der Waals surface area contributed by atoms with E-state index in [0.717, 1.165) is 5.56 Å². The lowest BCUT2D eigenvalue weighted by molar-refractivity contribution is 0.353. The molecule has 0 saturated heterocycles. The third kappa shape index (κ3) is 2.22. The Hall–Kier alpha value is -1.60. The van der Waals surface area contributed by atoms with Crippen molar-refractivity contribution in [2.75, 3.05) is 6.61 Å². The summed E-state index contributed by atoms with van der Waals surface area (Å²) < 4.78 is 4.97. The lowest BCUT2D eigenvalue weighted by Crippen LogP contribution is -2.00. The maximum Gasteiger partial charge on any atom is 0.214 e. The topological polar surface area (TPSA) is 71.9 Å². The highest BCUT2D eigenvalue weighted by molar-refractivity contribution is 5.20. The van der Waals surface area contributed by atoms with Gasteiger partial charge in [0.05, 0.1) is 0 Å².